The summed E-state index contributed by atoms with van der Waals surface area (Å²) in [5.74, 6) is 0.820. The van der Waals surface area contributed by atoms with Crippen molar-refractivity contribution in [1.29, 1.82) is 5.26 Å². The zero-order valence-corrected chi connectivity index (χ0v) is 15.6. The summed E-state index contributed by atoms with van der Waals surface area (Å²) in [5.41, 5.74) is 2.94. The van der Waals surface area contributed by atoms with Crippen molar-refractivity contribution in [2.45, 2.75) is 20.4 Å². The summed E-state index contributed by atoms with van der Waals surface area (Å²) in [7, 11) is 0. The molecule has 2 N–H and O–H groups in total. The van der Waals surface area contributed by atoms with Crippen molar-refractivity contribution in [3.63, 3.8) is 0 Å². The van der Waals surface area contributed by atoms with Gasteiger partial charge in [0.25, 0.3) is 11.5 Å². The molecule has 0 aliphatic heterocycles. The largest absolute Gasteiger partial charge is 0.457 e. The molecule has 0 atom stereocenters. The molecule has 1 amide bonds. The molecule has 0 aliphatic carbocycles. The zero-order chi connectivity index (χ0) is 20.1. The molecule has 28 heavy (non-hydrogen) atoms. The second-order valence-corrected chi connectivity index (χ2v) is 6.39. The molecule has 6 heteroatoms. The van der Waals surface area contributed by atoms with Crippen LogP contribution in [0.4, 0.5) is 0 Å². The summed E-state index contributed by atoms with van der Waals surface area (Å²) in [4.78, 5) is 27.1. The first-order chi connectivity index (χ1) is 13.5. The number of carbonyl (C=O) groups is 1. The lowest BCUT2D eigenvalue weighted by molar-refractivity contribution is 0.0950. The van der Waals surface area contributed by atoms with Crippen LogP contribution in [0.25, 0.3) is 0 Å². The van der Waals surface area contributed by atoms with E-state index in [1.807, 2.05) is 19.9 Å². The van der Waals surface area contributed by atoms with E-state index in [0.717, 1.165) is 11.3 Å². The van der Waals surface area contributed by atoms with Crippen LogP contribution >= 0.6 is 0 Å². The number of aromatic nitrogens is 1. The number of nitriles is 1. The lowest BCUT2D eigenvalue weighted by atomic mass is 10.1. The summed E-state index contributed by atoms with van der Waals surface area (Å²) in [6.45, 7) is 3.81. The number of benzene rings is 2. The highest BCUT2D eigenvalue weighted by molar-refractivity contribution is 5.94. The summed E-state index contributed by atoms with van der Waals surface area (Å²) >= 11 is 0. The molecular weight excluding hydrogens is 354 g/mol. The highest BCUT2D eigenvalue weighted by Gasteiger charge is 2.10. The molecule has 3 rings (SSSR count). The van der Waals surface area contributed by atoms with Crippen molar-refractivity contribution in [3.05, 3.63) is 92.9 Å². The molecule has 140 valence electrons. The minimum Gasteiger partial charge on any atom is -0.457 e. The van der Waals surface area contributed by atoms with Crippen LogP contribution in [0.1, 0.15) is 32.7 Å². The van der Waals surface area contributed by atoms with Crippen molar-refractivity contribution in [2.75, 3.05) is 0 Å². The van der Waals surface area contributed by atoms with Gasteiger partial charge in [0.05, 0.1) is 11.6 Å². The van der Waals surface area contributed by atoms with Crippen LogP contribution in [-0.4, -0.2) is 10.9 Å². The Morgan fingerprint density at radius 3 is 2.54 bits per heavy atom. The number of H-pyrrole nitrogens is 1. The fourth-order valence-electron chi connectivity index (χ4n) is 2.81. The molecule has 0 spiro atoms. The van der Waals surface area contributed by atoms with Crippen molar-refractivity contribution in [1.82, 2.24) is 10.3 Å². The first kappa shape index (κ1) is 18.9. The van der Waals surface area contributed by atoms with Crippen molar-refractivity contribution >= 4 is 5.91 Å². The lowest BCUT2D eigenvalue weighted by Gasteiger charge is -2.09. The van der Waals surface area contributed by atoms with Gasteiger partial charge in [-0.15, -0.1) is 0 Å². The van der Waals surface area contributed by atoms with Crippen LogP contribution in [0, 0.1) is 25.2 Å². The minimum atomic E-state index is -0.280. The van der Waals surface area contributed by atoms with Crippen LogP contribution in [0.5, 0.6) is 11.5 Å². The fraction of sp³-hybridized carbons (Fsp3) is 0.136. The fourth-order valence-corrected chi connectivity index (χ4v) is 2.81. The van der Waals surface area contributed by atoms with E-state index in [1.54, 1.807) is 48.5 Å². The van der Waals surface area contributed by atoms with Gasteiger partial charge in [0.15, 0.2) is 0 Å². The van der Waals surface area contributed by atoms with Gasteiger partial charge in [-0.05, 0) is 67.9 Å². The summed E-state index contributed by atoms with van der Waals surface area (Å²) in [5, 5.41) is 11.7. The molecular formula is C22H19N3O3. The van der Waals surface area contributed by atoms with Gasteiger partial charge in [0, 0.05) is 23.4 Å². The quantitative estimate of drug-likeness (QED) is 0.714. The molecule has 1 aromatic heterocycles. The predicted octanol–water partition coefficient (Wildman–Crippen LogP) is 3.59. The monoisotopic (exact) mass is 373 g/mol. The van der Waals surface area contributed by atoms with E-state index < -0.39 is 0 Å². The smallest absolute Gasteiger partial charge is 0.253 e. The number of aryl methyl sites for hydroxylation is 2. The van der Waals surface area contributed by atoms with E-state index in [2.05, 4.69) is 16.4 Å². The molecule has 0 saturated heterocycles. The predicted molar refractivity (Wildman–Crippen MR) is 105 cm³/mol. The second kappa shape index (κ2) is 8.23. The maximum Gasteiger partial charge on any atom is 0.253 e. The SMILES string of the molecule is Cc1cc(C)c(CNC(=O)c2ccc(Oc3cccc(C#N)c3)cc2)c(=O)[nH]1. The van der Waals surface area contributed by atoms with Crippen LogP contribution in [0.2, 0.25) is 0 Å². The Morgan fingerprint density at radius 2 is 1.86 bits per heavy atom. The lowest BCUT2D eigenvalue weighted by Crippen LogP contribution is -2.27. The van der Waals surface area contributed by atoms with E-state index in [1.165, 1.54) is 0 Å². The number of amides is 1. The number of hydrogen-bond acceptors (Lipinski definition) is 4. The van der Waals surface area contributed by atoms with Gasteiger partial charge in [0.1, 0.15) is 11.5 Å². The Bertz CT molecular complexity index is 1110. The second-order valence-electron chi connectivity index (χ2n) is 6.39. The summed E-state index contributed by atoms with van der Waals surface area (Å²) in [6, 6.07) is 17.4. The Kier molecular flexibility index (Phi) is 5.56. The standard InChI is InChI=1S/C22H19N3O3/c1-14-10-15(2)25-22(27)20(14)13-24-21(26)17-6-8-18(9-7-17)28-19-5-3-4-16(11-19)12-23/h3-11H,13H2,1-2H3,(H,24,26)(H,25,27). The topological polar surface area (TPSA) is 95.0 Å². The average molecular weight is 373 g/mol. The number of nitrogens with one attached hydrogen (secondary N) is 2. The number of aromatic amines is 1. The molecule has 0 bridgehead atoms. The number of pyridine rings is 1. The third-order valence-electron chi connectivity index (χ3n) is 4.23. The summed E-state index contributed by atoms with van der Waals surface area (Å²) in [6.07, 6.45) is 0. The van der Waals surface area contributed by atoms with E-state index in [4.69, 9.17) is 10.00 Å². The van der Waals surface area contributed by atoms with Gasteiger partial charge < -0.3 is 15.0 Å². The van der Waals surface area contributed by atoms with Crippen LogP contribution in [-0.2, 0) is 6.54 Å². The third kappa shape index (κ3) is 4.46. The molecule has 3 aromatic rings. The molecule has 0 aliphatic rings. The van der Waals surface area contributed by atoms with Gasteiger partial charge in [-0.3, -0.25) is 9.59 Å². The van der Waals surface area contributed by atoms with E-state index in [0.29, 0.717) is 28.2 Å². The first-order valence-corrected chi connectivity index (χ1v) is 8.72. The maximum absolute atomic E-state index is 12.4. The molecule has 0 radical (unpaired) electrons. The Balaban J connectivity index is 1.65. The Labute approximate surface area is 162 Å². The van der Waals surface area contributed by atoms with Crippen LogP contribution in [0.3, 0.4) is 0 Å². The summed E-state index contributed by atoms with van der Waals surface area (Å²) < 4.78 is 5.70. The Morgan fingerprint density at radius 1 is 1.11 bits per heavy atom. The van der Waals surface area contributed by atoms with E-state index in [-0.39, 0.29) is 18.0 Å². The van der Waals surface area contributed by atoms with Gasteiger partial charge in [-0.25, -0.2) is 0 Å². The normalized spacial score (nSPS) is 10.2. The molecule has 0 saturated carbocycles. The number of rotatable bonds is 5. The molecule has 1 heterocycles. The van der Waals surface area contributed by atoms with Crippen LogP contribution < -0.4 is 15.6 Å². The van der Waals surface area contributed by atoms with Gasteiger partial charge in [-0.1, -0.05) is 6.07 Å². The van der Waals surface area contributed by atoms with Crippen molar-refractivity contribution in [2.24, 2.45) is 0 Å². The van der Waals surface area contributed by atoms with Crippen molar-refractivity contribution in [3.8, 4) is 17.6 Å². The van der Waals surface area contributed by atoms with Gasteiger partial charge in [-0.2, -0.15) is 5.26 Å². The molecule has 0 unspecified atom stereocenters. The number of hydrogen-bond donors (Lipinski definition) is 2. The number of ether oxygens (including phenoxy) is 1. The Hall–Kier alpha value is -3.85. The highest BCUT2D eigenvalue weighted by atomic mass is 16.5. The van der Waals surface area contributed by atoms with Crippen molar-refractivity contribution < 1.29 is 9.53 Å². The molecule has 6 nitrogen and oxygen atoms in total. The van der Waals surface area contributed by atoms with Gasteiger partial charge in [0.2, 0.25) is 0 Å². The maximum atomic E-state index is 12.4. The minimum absolute atomic E-state index is 0.152. The third-order valence-corrected chi connectivity index (χ3v) is 4.23. The van der Waals surface area contributed by atoms with Gasteiger partial charge >= 0.3 is 0 Å². The average Bonchev–Trinajstić information content (AvgIpc) is 2.67. The zero-order valence-electron chi connectivity index (χ0n) is 15.6. The number of carbonyl (C=O) groups excluding carboxylic acids is 1. The first-order valence-electron chi connectivity index (χ1n) is 8.72. The number of nitrogens with zero attached hydrogens (tertiary/aromatic N) is 1. The van der Waals surface area contributed by atoms with E-state index >= 15 is 0 Å². The van der Waals surface area contributed by atoms with Crippen LogP contribution in [0.15, 0.2) is 59.4 Å². The molecule has 0 fully saturated rings. The van der Waals surface area contributed by atoms with E-state index in [9.17, 15) is 9.59 Å². The highest BCUT2D eigenvalue weighted by Crippen LogP contribution is 2.22. The molecule has 2 aromatic carbocycles.